The number of likely N-dealkylation sites (tertiary alicyclic amines) is 2. The van der Waals surface area contributed by atoms with Crippen LogP contribution < -0.4 is 5.32 Å². The van der Waals surface area contributed by atoms with E-state index >= 15 is 0 Å². The van der Waals surface area contributed by atoms with E-state index in [1.54, 1.807) is 0 Å². The van der Waals surface area contributed by atoms with Gasteiger partial charge in [-0.3, -0.25) is 5.41 Å². The molecule has 3 fully saturated rings. The van der Waals surface area contributed by atoms with E-state index in [0.717, 1.165) is 70.8 Å². The van der Waals surface area contributed by atoms with Gasteiger partial charge in [-0.15, -0.1) is 6.58 Å². The Morgan fingerprint density at radius 2 is 1.85 bits per heavy atom. The number of allylic oxidation sites excluding steroid dienone is 1. The maximum absolute atomic E-state index is 8.72. The van der Waals surface area contributed by atoms with Crippen LogP contribution >= 0.6 is 0 Å². The van der Waals surface area contributed by atoms with Crippen LogP contribution in [0.2, 0.25) is 0 Å². The van der Waals surface area contributed by atoms with E-state index in [-0.39, 0.29) is 5.41 Å². The number of aromatic nitrogens is 2. The largest absolute Gasteiger partial charge is 0.379 e. The molecule has 5 rings (SSSR count). The van der Waals surface area contributed by atoms with Crippen molar-refractivity contribution in [1.29, 1.82) is 5.41 Å². The fourth-order valence-electron chi connectivity index (χ4n) is 7.04. The van der Waals surface area contributed by atoms with Crippen LogP contribution in [0.1, 0.15) is 50.9 Å². The molecule has 1 aliphatic carbocycles. The van der Waals surface area contributed by atoms with Crippen molar-refractivity contribution in [2.75, 3.05) is 38.0 Å². The number of anilines is 1. The Morgan fingerprint density at radius 3 is 2.49 bits per heavy atom. The second kappa shape index (κ2) is 11.1. The van der Waals surface area contributed by atoms with E-state index in [2.05, 4.69) is 63.9 Å². The minimum absolute atomic E-state index is 0.228. The van der Waals surface area contributed by atoms with Gasteiger partial charge in [0.2, 0.25) is 0 Å². The molecule has 4 unspecified atom stereocenters. The Bertz CT molecular complexity index is 1250. The minimum Gasteiger partial charge on any atom is -0.379 e. The van der Waals surface area contributed by atoms with Crippen molar-refractivity contribution >= 4 is 11.4 Å². The van der Waals surface area contributed by atoms with E-state index < -0.39 is 0 Å². The number of benzene rings is 1. The van der Waals surface area contributed by atoms with E-state index in [4.69, 9.17) is 5.41 Å². The molecule has 0 amide bonds. The van der Waals surface area contributed by atoms with Crippen LogP contribution in [0.15, 0.2) is 67.7 Å². The van der Waals surface area contributed by atoms with Crippen LogP contribution in [0.3, 0.4) is 0 Å². The second-order valence-corrected chi connectivity index (χ2v) is 12.4. The Hall–Kier alpha value is -3.25. The molecule has 1 aromatic carbocycles. The molecule has 3 aliphatic rings. The van der Waals surface area contributed by atoms with Crippen LogP contribution in [-0.2, 0) is 0 Å². The summed E-state index contributed by atoms with van der Waals surface area (Å²) in [4.78, 5) is 13.9. The molecule has 6 nitrogen and oxygen atoms in total. The number of hydrogen-bond acceptors (Lipinski definition) is 6. The molecule has 2 aliphatic heterocycles. The van der Waals surface area contributed by atoms with E-state index in [0.29, 0.717) is 18.3 Å². The zero-order chi connectivity index (χ0) is 27.7. The van der Waals surface area contributed by atoms with Gasteiger partial charge >= 0.3 is 0 Å². The second-order valence-electron chi connectivity index (χ2n) is 12.4. The smallest absolute Gasteiger partial charge is 0.125 e. The molecule has 3 heterocycles. The van der Waals surface area contributed by atoms with Crippen molar-refractivity contribution in [2.45, 2.75) is 52.5 Å². The van der Waals surface area contributed by atoms with Crippen LogP contribution in [0.5, 0.6) is 0 Å². The Morgan fingerprint density at radius 1 is 1.15 bits per heavy atom. The lowest BCUT2D eigenvalue weighted by Gasteiger charge is -2.31. The zero-order valence-electron chi connectivity index (χ0n) is 24.0. The van der Waals surface area contributed by atoms with E-state index in [1.807, 2.05) is 38.4 Å². The first-order valence-corrected chi connectivity index (χ1v) is 14.4. The molecule has 6 heteroatoms. The lowest BCUT2D eigenvalue weighted by atomic mass is 9.87. The summed E-state index contributed by atoms with van der Waals surface area (Å²) in [5, 5.41) is 12.3. The van der Waals surface area contributed by atoms with Gasteiger partial charge in [0.1, 0.15) is 5.82 Å². The van der Waals surface area contributed by atoms with Crippen molar-refractivity contribution in [3.05, 3.63) is 79.1 Å². The lowest BCUT2D eigenvalue weighted by molar-refractivity contribution is 0.186. The third kappa shape index (κ3) is 5.86. The quantitative estimate of drug-likeness (QED) is 0.281. The number of hydrogen-bond donors (Lipinski definition) is 2. The van der Waals surface area contributed by atoms with Gasteiger partial charge in [0.25, 0.3) is 0 Å². The summed E-state index contributed by atoms with van der Waals surface area (Å²) in [5.74, 6) is 2.60. The normalized spacial score (nSPS) is 26.4. The summed E-state index contributed by atoms with van der Waals surface area (Å²) in [6.07, 6.45) is 11.1. The number of fused-ring (bicyclic) bond motifs is 1. The van der Waals surface area contributed by atoms with Gasteiger partial charge in [-0.1, -0.05) is 38.6 Å². The first-order valence-electron chi connectivity index (χ1n) is 14.4. The average molecular weight is 525 g/mol. The summed E-state index contributed by atoms with van der Waals surface area (Å²) in [6, 6.07) is 6.42. The molecule has 1 saturated carbocycles. The summed E-state index contributed by atoms with van der Waals surface area (Å²) in [7, 11) is 0. The first kappa shape index (κ1) is 27.3. The number of rotatable bonds is 10. The maximum Gasteiger partial charge on any atom is 0.125 e. The topological polar surface area (TPSA) is 68.1 Å². The van der Waals surface area contributed by atoms with Crippen LogP contribution in [0.4, 0.5) is 5.69 Å². The molecular weight excluding hydrogens is 480 g/mol. The van der Waals surface area contributed by atoms with Gasteiger partial charge in [-0.05, 0) is 68.2 Å². The molecule has 0 bridgehead atoms. The highest BCUT2D eigenvalue weighted by Gasteiger charge is 2.44. The lowest BCUT2D eigenvalue weighted by Crippen LogP contribution is -2.37. The summed E-state index contributed by atoms with van der Waals surface area (Å²) in [5.41, 5.74) is 6.07. The monoisotopic (exact) mass is 524 g/mol. The van der Waals surface area contributed by atoms with Crippen molar-refractivity contribution < 1.29 is 0 Å². The Kier molecular flexibility index (Phi) is 7.77. The van der Waals surface area contributed by atoms with Crippen molar-refractivity contribution in [2.24, 2.45) is 17.3 Å². The highest BCUT2D eigenvalue weighted by atomic mass is 15.2. The molecule has 0 radical (unpaired) electrons. The molecule has 206 valence electrons. The van der Waals surface area contributed by atoms with Gasteiger partial charge in [0.05, 0.1) is 12.3 Å². The zero-order valence-corrected chi connectivity index (χ0v) is 24.0. The van der Waals surface area contributed by atoms with Crippen LogP contribution in [0.25, 0.3) is 11.1 Å². The average Bonchev–Trinajstić information content (AvgIpc) is 3.60. The number of nitrogens with one attached hydrogen (secondary N) is 2. The van der Waals surface area contributed by atoms with Gasteiger partial charge in [0.15, 0.2) is 0 Å². The van der Waals surface area contributed by atoms with Gasteiger partial charge in [0, 0.05) is 72.5 Å². The minimum atomic E-state index is 0.228. The third-order valence-corrected chi connectivity index (χ3v) is 9.05. The maximum atomic E-state index is 8.72. The highest BCUT2D eigenvalue weighted by molar-refractivity contribution is 6.13. The van der Waals surface area contributed by atoms with Crippen molar-refractivity contribution in [3.8, 4) is 11.1 Å². The predicted molar refractivity (Wildman–Crippen MR) is 162 cm³/mol. The van der Waals surface area contributed by atoms with E-state index in [1.165, 1.54) is 32.4 Å². The van der Waals surface area contributed by atoms with Crippen molar-refractivity contribution in [1.82, 2.24) is 19.8 Å². The molecule has 4 atom stereocenters. The molecule has 2 N–H and O–H groups in total. The summed E-state index contributed by atoms with van der Waals surface area (Å²) in [6.45, 7) is 24.2. The highest BCUT2D eigenvalue weighted by Crippen LogP contribution is 2.42. The standard InChI is InChI=1S/C33H44N6/c1-7-29-14-33(6,20-38-18-26-9-8-10-27(26)19-38)21-39(29)23(4)15-37-31-12-11-25(13-30(31)32(34)22(2)3)28-16-35-24(5)36-17-28/h7,11-13,16-17,26-27,29,34,37H,1-2,4,8-10,14-15,18-21H2,3,5-6H3. The van der Waals surface area contributed by atoms with Gasteiger partial charge < -0.3 is 15.1 Å². The van der Waals surface area contributed by atoms with E-state index in [9.17, 15) is 0 Å². The number of aryl methyl sites for hydroxylation is 1. The predicted octanol–water partition coefficient (Wildman–Crippen LogP) is 6.32. The Balaban J connectivity index is 1.27. The first-order chi connectivity index (χ1) is 18.7. The molecule has 1 aromatic heterocycles. The fraction of sp³-hybridized carbons (Fsp3) is 0.485. The van der Waals surface area contributed by atoms with Gasteiger partial charge in [-0.2, -0.15) is 0 Å². The SMILES string of the molecule is C=CC1CC(C)(CN2CC3CCCC3C2)CN1C(=C)CNc1ccc(-c2cnc(C)nc2)cc1C(=N)C(=C)C. The molecule has 0 spiro atoms. The van der Waals surface area contributed by atoms with Gasteiger partial charge in [-0.25, -0.2) is 9.97 Å². The summed E-state index contributed by atoms with van der Waals surface area (Å²) < 4.78 is 0. The summed E-state index contributed by atoms with van der Waals surface area (Å²) >= 11 is 0. The molecule has 2 saturated heterocycles. The third-order valence-electron chi connectivity index (χ3n) is 9.05. The van der Waals surface area contributed by atoms with Crippen molar-refractivity contribution in [3.63, 3.8) is 0 Å². The van der Waals surface area contributed by atoms with Crippen LogP contribution in [-0.4, -0.2) is 64.2 Å². The number of nitrogens with zero attached hydrogens (tertiary/aromatic N) is 4. The fourth-order valence-corrected chi connectivity index (χ4v) is 7.04. The molecular formula is C33H44N6. The molecule has 2 aromatic rings. The van der Waals surface area contributed by atoms with Crippen LogP contribution in [0, 0.1) is 29.6 Å². The Labute approximate surface area is 234 Å². The molecule has 39 heavy (non-hydrogen) atoms.